The van der Waals surface area contributed by atoms with Crippen molar-refractivity contribution in [1.29, 1.82) is 0 Å². The minimum absolute atomic E-state index is 0.239. The van der Waals surface area contributed by atoms with E-state index in [-0.39, 0.29) is 6.42 Å². The molecule has 0 heterocycles. The van der Waals surface area contributed by atoms with Gasteiger partial charge in [-0.05, 0) is 38.7 Å². The van der Waals surface area contributed by atoms with E-state index in [1.165, 1.54) is 50.9 Å². The molecule has 34 heavy (non-hydrogen) atoms. The van der Waals surface area contributed by atoms with Gasteiger partial charge in [-0.25, -0.2) is 4.79 Å². The van der Waals surface area contributed by atoms with Crippen LogP contribution in [-0.2, 0) is 14.3 Å². The third-order valence-electron chi connectivity index (χ3n) is 5.38. The second kappa shape index (κ2) is 26.1. The molecule has 4 atom stereocenters. The number of aliphatic hydroxyl groups excluding tert-OH is 5. The number of ether oxygens (including phenoxy) is 1. The van der Waals surface area contributed by atoms with Gasteiger partial charge in [0, 0.05) is 6.42 Å². The number of hydrogen-bond donors (Lipinski definition) is 5. The molecular weight excluding hydrogens is 440 g/mol. The number of hydrogen-bond acceptors (Lipinski definition) is 8. The summed E-state index contributed by atoms with van der Waals surface area (Å²) in [5.41, 5.74) is 0. The van der Waals surface area contributed by atoms with E-state index in [0.29, 0.717) is 6.42 Å². The van der Waals surface area contributed by atoms with Gasteiger partial charge in [0.25, 0.3) is 0 Å². The molecule has 5 N–H and O–H groups in total. The largest absolute Gasteiger partial charge is 0.463 e. The van der Waals surface area contributed by atoms with Gasteiger partial charge in [0.1, 0.15) is 37.0 Å². The summed E-state index contributed by atoms with van der Waals surface area (Å²) in [7, 11) is 0. The van der Waals surface area contributed by atoms with Crippen molar-refractivity contribution in [2.75, 3.05) is 13.2 Å². The number of carbonyl (C=O) groups is 1. The summed E-state index contributed by atoms with van der Waals surface area (Å²) in [6, 6.07) is 0. The van der Waals surface area contributed by atoms with Crippen molar-refractivity contribution < 1.29 is 39.9 Å². The van der Waals surface area contributed by atoms with Crippen LogP contribution in [0.5, 0.6) is 0 Å². The average molecular weight is 489 g/mol. The highest BCUT2D eigenvalue weighted by atomic mass is 16.5. The van der Waals surface area contributed by atoms with E-state index >= 15 is 0 Å². The number of aliphatic hydroxyl groups is 5. The van der Waals surface area contributed by atoms with E-state index in [2.05, 4.69) is 25.7 Å². The maximum atomic E-state index is 11.7. The first-order valence-electron chi connectivity index (χ1n) is 12.6. The lowest BCUT2D eigenvalue weighted by atomic mass is 10.0. The number of esters is 1. The van der Waals surface area contributed by atoms with Crippen LogP contribution in [0.3, 0.4) is 0 Å². The van der Waals surface area contributed by atoms with Crippen LogP contribution >= 0.6 is 0 Å². The molecule has 0 saturated heterocycles. The summed E-state index contributed by atoms with van der Waals surface area (Å²) in [5, 5.41) is 46.8. The lowest BCUT2D eigenvalue weighted by molar-refractivity contribution is -0.156. The van der Waals surface area contributed by atoms with Gasteiger partial charge in [-0.2, -0.15) is 0 Å². The van der Waals surface area contributed by atoms with Crippen LogP contribution < -0.4 is 0 Å². The number of rotatable bonds is 21. The van der Waals surface area contributed by atoms with E-state index in [0.717, 1.165) is 32.1 Å². The van der Waals surface area contributed by atoms with Gasteiger partial charge in [0.15, 0.2) is 0 Å². The zero-order valence-corrected chi connectivity index (χ0v) is 20.9. The molecule has 0 fully saturated rings. The highest BCUT2D eigenvalue weighted by Gasteiger charge is 2.30. The monoisotopic (exact) mass is 488 g/mol. The molecule has 0 aliphatic heterocycles. The molecule has 0 aliphatic carbocycles. The molecule has 200 valence electrons. The van der Waals surface area contributed by atoms with Crippen molar-refractivity contribution >= 4 is 11.9 Å². The SMILES string of the molecule is C=C=O.CCCCCCCC/C=C\CCCCCCCC(=O)OC[C@H](O)[C@@H](O)[C@H](O)[C@H](O)CO. The van der Waals surface area contributed by atoms with Gasteiger partial charge >= 0.3 is 5.97 Å². The van der Waals surface area contributed by atoms with E-state index in [9.17, 15) is 25.2 Å². The lowest BCUT2D eigenvalue weighted by Crippen LogP contribution is -2.47. The highest BCUT2D eigenvalue weighted by Crippen LogP contribution is 2.11. The van der Waals surface area contributed by atoms with Crippen molar-refractivity contribution in [2.45, 2.75) is 121 Å². The van der Waals surface area contributed by atoms with Crippen molar-refractivity contribution in [3.8, 4) is 0 Å². The molecular formula is C26H48O8. The van der Waals surface area contributed by atoms with Crippen LogP contribution in [-0.4, -0.2) is 75.1 Å². The Bertz CT molecular complexity index is 517. The summed E-state index contributed by atoms with van der Waals surface area (Å²) in [4.78, 5) is 20.3. The smallest absolute Gasteiger partial charge is 0.305 e. The van der Waals surface area contributed by atoms with Crippen LogP contribution in [0.2, 0.25) is 0 Å². The molecule has 8 nitrogen and oxygen atoms in total. The molecule has 0 spiro atoms. The van der Waals surface area contributed by atoms with Crippen molar-refractivity contribution in [3.63, 3.8) is 0 Å². The average Bonchev–Trinajstić information content (AvgIpc) is 2.83. The van der Waals surface area contributed by atoms with Gasteiger partial charge in [-0.15, -0.1) is 0 Å². The van der Waals surface area contributed by atoms with Crippen LogP contribution in [0.25, 0.3) is 0 Å². The third kappa shape index (κ3) is 22.3. The normalized spacial score (nSPS) is 14.5. The standard InChI is InChI=1S/C24H46O7.C2H2O/c1-2-3-4-5-6-7-8-9-10-11-12-13-14-15-16-17-22(28)31-19-21(27)24(30)23(29)20(26)18-25;1-2-3/h9-10,20-21,23-27,29-30H,2-8,11-19H2,1H3;1H2/b10-9-;/t20-,21+,23-,24-;/m1./s1. The quantitative estimate of drug-likeness (QED) is 0.0718. The summed E-state index contributed by atoms with van der Waals surface area (Å²) >= 11 is 0. The van der Waals surface area contributed by atoms with Gasteiger partial charge in [-0.1, -0.05) is 70.4 Å². The second-order valence-corrected chi connectivity index (χ2v) is 8.46. The summed E-state index contributed by atoms with van der Waals surface area (Å²) in [6.07, 6.45) is 13.5. The zero-order chi connectivity index (χ0) is 26.0. The van der Waals surface area contributed by atoms with Gasteiger partial charge in [-0.3, -0.25) is 4.79 Å². The first kappa shape index (κ1) is 34.6. The summed E-state index contributed by atoms with van der Waals surface area (Å²) < 4.78 is 4.89. The Labute approximate surface area is 205 Å². The molecule has 0 unspecified atom stereocenters. The van der Waals surface area contributed by atoms with Crippen LogP contribution in [0.4, 0.5) is 0 Å². The molecule has 8 heteroatoms. The van der Waals surface area contributed by atoms with Gasteiger partial charge < -0.3 is 30.3 Å². The van der Waals surface area contributed by atoms with Crippen molar-refractivity contribution in [3.05, 3.63) is 18.7 Å². The molecule has 0 saturated carbocycles. The summed E-state index contributed by atoms with van der Waals surface area (Å²) in [5.74, 6) is 0.779. The number of carbonyl (C=O) groups excluding carboxylic acids is 2. The Morgan fingerprint density at radius 3 is 1.76 bits per heavy atom. The number of allylic oxidation sites excluding steroid dienone is 2. The van der Waals surface area contributed by atoms with E-state index in [1.807, 2.05) is 0 Å². The van der Waals surface area contributed by atoms with Crippen molar-refractivity contribution in [1.82, 2.24) is 0 Å². The van der Waals surface area contributed by atoms with Crippen LogP contribution in [0, 0.1) is 0 Å². The Balaban J connectivity index is 0. The Morgan fingerprint density at radius 1 is 0.824 bits per heavy atom. The molecule has 0 rings (SSSR count). The topological polar surface area (TPSA) is 145 Å². The second-order valence-electron chi connectivity index (χ2n) is 8.46. The predicted octanol–water partition coefficient (Wildman–Crippen LogP) is 3.01. The zero-order valence-electron chi connectivity index (χ0n) is 20.9. The Kier molecular flexibility index (Phi) is 26.6. The molecule has 0 amide bonds. The molecule has 0 aliphatic rings. The van der Waals surface area contributed by atoms with E-state index in [4.69, 9.17) is 14.6 Å². The van der Waals surface area contributed by atoms with Crippen LogP contribution in [0.1, 0.15) is 96.8 Å². The van der Waals surface area contributed by atoms with Gasteiger partial charge in [0.05, 0.1) is 6.61 Å². The fourth-order valence-electron chi connectivity index (χ4n) is 3.25. The lowest BCUT2D eigenvalue weighted by Gasteiger charge is -2.25. The summed E-state index contributed by atoms with van der Waals surface area (Å²) in [6.45, 7) is 3.70. The molecule has 0 aromatic rings. The first-order chi connectivity index (χ1) is 16.3. The predicted molar refractivity (Wildman–Crippen MR) is 133 cm³/mol. The van der Waals surface area contributed by atoms with E-state index < -0.39 is 43.6 Å². The first-order valence-corrected chi connectivity index (χ1v) is 12.6. The molecule has 0 radical (unpaired) electrons. The Morgan fingerprint density at radius 2 is 1.26 bits per heavy atom. The molecule has 0 aromatic carbocycles. The maximum absolute atomic E-state index is 11.7. The fraction of sp³-hybridized carbons (Fsp3) is 0.808. The van der Waals surface area contributed by atoms with E-state index in [1.54, 1.807) is 0 Å². The Hall–Kier alpha value is -1.54. The van der Waals surface area contributed by atoms with Crippen LogP contribution in [0.15, 0.2) is 18.7 Å². The number of unbranched alkanes of at least 4 members (excludes halogenated alkanes) is 11. The third-order valence-corrected chi connectivity index (χ3v) is 5.38. The minimum atomic E-state index is -1.72. The highest BCUT2D eigenvalue weighted by molar-refractivity contribution is 5.69. The van der Waals surface area contributed by atoms with Gasteiger partial charge in [0.2, 0.25) is 0 Å². The maximum Gasteiger partial charge on any atom is 0.305 e. The molecule has 0 aromatic heterocycles. The van der Waals surface area contributed by atoms with Crippen molar-refractivity contribution in [2.24, 2.45) is 0 Å². The minimum Gasteiger partial charge on any atom is -0.463 e. The fourth-order valence-corrected chi connectivity index (χ4v) is 3.25. The molecule has 0 bridgehead atoms.